The van der Waals surface area contributed by atoms with Gasteiger partial charge in [-0.05, 0) is 24.0 Å². The van der Waals surface area contributed by atoms with Crippen molar-refractivity contribution >= 4 is 17.3 Å². The van der Waals surface area contributed by atoms with Crippen molar-refractivity contribution in [2.75, 3.05) is 5.32 Å². The van der Waals surface area contributed by atoms with Gasteiger partial charge in [0.2, 0.25) is 5.91 Å². The third kappa shape index (κ3) is 2.18. The van der Waals surface area contributed by atoms with E-state index in [1.165, 1.54) is 13.0 Å². The highest BCUT2D eigenvalue weighted by molar-refractivity contribution is 5.93. The molecule has 2 rings (SSSR count). The Morgan fingerprint density at radius 3 is 2.71 bits per heavy atom. The van der Waals surface area contributed by atoms with Gasteiger partial charge >= 0.3 is 0 Å². The number of hydrogen-bond acceptors (Lipinski definition) is 3. The van der Waals surface area contributed by atoms with Crippen LogP contribution in [0.1, 0.15) is 18.1 Å². The molecular weight excluding hydrogens is 220 g/mol. The minimum absolute atomic E-state index is 0.0470. The second kappa shape index (κ2) is 4.37. The van der Waals surface area contributed by atoms with E-state index in [0.29, 0.717) is 12.1 Å². The van der Waals surface area contributed by atoms with Crippen molar-refractivity contribution in [3.05, 3.63) is 45.5 Å². The molecule has 1 aromatic rings. The van der Waals surface area contributed by atoms with Gasteiger partial charge in [0, 0.05) is 13.0 Å². The molecule has 1 N–H and O–H groups in total. The average Bonchev–Trinajstić information content (AvgIpc) is 2.28. The summed E-state index contributed by atoms with van der Waals surface area (Å²) in [7, 11) is 0. The molecule has 1 aromatic carbocycles. The molecule has 1 aliphatic rings. The fourth-order valence-electron chi connectivity index (χ4n) is 1.98. The molecule has 0 unspecified atom stereocenters. The van der Waals surface area contributed by atoms with Crippen molar-refractivity contribution in [3.8, 4) is 0 Å². The summed E-state index contributed by atoms with van der Waals surface area (Å²) in [5, 5.41) is 13.5. The molecule has 5 heteroatoms. The molecule has 0 spiro atoms. The maximum atomic E-state index is 11.1. The molecule has 5 nitrogen and oxygen atoms in total. The minimum atomic E-state index is -0.468. The van der Waals surface area contributed by atoms with E-state index in [0.717, 1.165) is 17.5 Å². The highest BCUT2D eigenvalue weighted by atomic mass is 16.6. The topological polar surface area (TPSA) is 72.2 Å². The molecule has 0 saturated heterocycles. The van der Waals surface area contributed by atoms with E-state index in [1.54, 1.807) is 6.07 Å². The molecule has 0 bridgehead atoms. The van der Waals surface area contributed by atoms with Crippen LogP contribution < -0.4 is 5.32 Å². The van der Waals surface area contributed by atoms with Gasteiger partial charge in [-0.3, -0.25) is 14.9 Å². The number of rotatable bonds is 2. The third-order valence-corrected chi connectivity index (χ3v) is 2.71. The van der Waals surface area contributed by atoms with Crippen molar-refractivity contribution in [1.82, 2.24) is 0 Å². The highest BCUT2D eigenvalue weighted by Gasteiger charge is 2.21. The fourth-order valence-corrected chi connectivity index (χ4v) is 1.98. The van der Waals surface area contributed by atoms with Crippen LogP contribution in [-0.4, -0.2) is 10.8 Å². The lowest BCUT2D eigenvalue weighted by Gasteiger charge is -2.15. The molecule has 1 aliphatic carbocycles. The summed E-state index contributed by atoms with van der Waals surface area (Å²) in [4.78, 5) is 21.6. The Morgan fingerprint density at radius 1 is 1.35 bits per heavy atom. The van der Waals surface area contributed by atoms with Crippen LogP contribution >= 0.6 is 0 Å². The number of carbonyl (C=O) groups is 1. The summed E-state index contributed by atoms with van der Waals surface area (Å²) < 4.78 is 0. The third-order valence-electron chi connectivity index (χ3n) is 2.71. The van der Waals surface area contributed by atoms with Crippen LogP contribution in [-0.2, 0) is 17.6 Å². The van der Waals surface area contributed by atoms with Gasteiger partial charge in [-0.1, -0.05) is 18.2 Å². The van der Waals surface area contributed by atoms with Crippen molar-refractivity contribution in [3.63, 3.8) is 0 Å². The number of nitrogens with zero attached hydrogens (tertiary/aromatic N) is 1. The molecule has 1 amide bonds. The van der Waals surface area contributed by atoms with Crippen LogP contribution in [0.3, 0.4) is 0 Å². The van der Waals surface area contributed by atoms with E-state index in [-0.39, 0.29) is 11.6 Å². The summed E-state index contributed by atoms with van der Waals surface area (Å²) in [6.07, 6.45) is 5.34. The zero-order valence-corrected chi connectivity index (χ0v) is 9.40. The number of nitrogens with one attached hydrogen (secondary N) is 1. The Balaban J connectivity index is 2.57. The van der Waals surface area contributed by atoms with Gasteiger partial charge in [-0.2, -0.15) is 0 Å². The van der Waals surface area contributed by atoms with Crippen molar-refractivity contribution in [2.24, 2.45) is 0 Å². The van der Waals surface area contributed by atoms with Crippen LogP contribution in [0.25, 0.3) is 0 Å². The Kier molecular flexibility index (Phi) is 2.91. The second-order valence-corrected chi connectivity index (χ2v) is 3.92. The van der Waals surface area contributed by atoms with E-state index >= 15 is 0 Å². The lowest BCUT2D eigenvalue weighted by atomic mass is 9.94. The van der Waals surface area contributed by atoms with Gasteiger partial charge in [0.15, 0.2) is 0 Å². The summed E-state index contributed by atoms with van der Waals surface area (Å²) >= 11 is 0. The molecule has 88 valence electrons. The summed E-state index contributed by atoms with van der Waals surface area (Å²) in [6, 6.07) is 3.20. The first kappa shape index (κ1) is 11.3. The zero-order chi connectivity index (χ0) is 12.4. The first-order valence-corrected chi connectivity index (χ1v) is 5.31. The minimum Gasteiger partial charge on any atom is -0.320 e. The predicted octanol–water partition coefficient (Wildman–Crippen LogP) is 2.21. The first-order chi connectivity index (χ1) is 8.09. The zero-order valence-electron chi connectivity index (χ0n) is 9.40. The van der Waals surface area contributed by atoms with Crippen molar-refractivity contribution in [1.29, 1.82) is 0 Å². The van der Waals surface area contributed by atoms with E-state index in [2.05, 4.69) is 5.32 Å². The Labute approximate surface area is 98.3 Å². The van der Waals surface area contributed by atoms with Gasteiger partial charge in [0.1, 0.15) is 5.69 Å². The number of allylic oxidation sites excluding steroid dienone is 2. The SMILES string of the molecule is CC(=O)Nc1c([N+](=O)[O-])ccc2c1CC=CC2. The van der Waals surface area contributed by atoms with Crippen LogP contribution in [0.15, 0.2) is 24.3 Å². The Hall–Kier alpha value is -2.17. The highest BCUT2D eigenvalue weighted by Crippen LogP contribution is 2.33. The number of amides is 1. The van der Waals surface area contributed by atoms with Crippen LogP contribution in [0, 0.1) is 10.1 Å². The molecule has 17 heavy (non-hydrogen) atoms. The number of nitro groups is 1. The summed E-state index contributed by atoms with van der Waals surface area (Å²) in [5.74, 6) is -0.295. The molecular formula is C12H12N2O3. The lowest BCUT2D eigenvalue weighted by molar-refractivity contribution is -0.384. The van der Waals surface area contributed by atoms with Gasteiger partial charge in [0.25, 0.3) is 5.69 Å². The van der Waals surface area contributed by atoms with E-state index in [4.69, 9.17) is 0 Å². The predicted molar refractivity (Wildman–Crippen MR) is 63.9 cm³/mol. The molecule has 0 radical (unpaired) electrons. The first-order valence-electron chi connectivity index (χ1n) is 5.31. The largest absolute Gasteiger partial charge is 0.320 e. The Morgan fingerprint density at radius 2 is 2.06 bits per heavy atom. The molecule has 0 saturated carbocycles. The van der Waals surface area contributed by atoms with Gasteiger partial charge in [-0.25, -0.2) is 0 Å². The number of benzene rings is 1. The lowest BCUT2D eigenvalue weighted by Crippen LogP contribution is -2.12. The molecule has 0 aliphatic heterocycles. The number of anilines is 1. The smallest absolute Gasteiger partial charge is 0.293 e. The summed E-state index contributed by atoms with van der Waals surface area (Å²) in [5.41, 5.74) is 2.16. The number of fused-ring (bicyclic) bond motifs is 1. The van der Waals surface area contributed by atoms with Crippen LogP contribution in [0.4, 0.5) is 11.4 Å². The van der Waals surface area contributed by atoms with Crippen LogP contribution in [0.5, 0.6) is 0 Å². The maximum Gasteiger partial charge on any atom is 0.293 e. The molecule has 0 fully saturated rings. The quantitative estimate of drug-likeness (QED) is 0.482. The molecule has 0 aromatic heterocycles. The number of carbonyl (C=O) groups excluding carboxylic acids is 1. The van der Waals surface area contributed by atoms with Crippen molar-refractivity contribution in [2.45, 2.75) is 19.8 Å². The van der Waals surface area contributed by atoms with Crippen LogP contribution in [0.2, 0.25) is 0 Å². The monoisotopic (exact) mass is 232 g/mol. The normalized spacial score (nSPS) is 13.0. The van der Waals surface area contributed by atoms with Crippen molar-refractivity contribution < 1.29 is 9.72 Å². The standard InChI is InChI=1S/C12H12N2O3/c1-8(15)13-12-10-5-3-2-4-9(10)6-7-11(12)14(16)17/h2-3,6-7H,4-5H2,1H3,(H,13,15). The average molecular weight is 232 g/mol. The Bertz CT molecular complexity index is 521. The van der Waals surface area contributed by atoms with E-state index in [9.17, 15) is 14.9 Å². The van der Waals surface area contributed by atoms with E-state index in [1.807, 2.05) is 12.2 Å². The van der Waals surface area contributed by atoms with Gasteiger partial charge in [0.05, 0.1) is 4.92 Å². The second-order valence-electron chi connectivity index (χ2n) is 3.92. The molecule has 0 atom stereocenters. The maximum absolute atomic E-state index is 11.1. The fraction of sp³-hybridized carbons (Fsp3) is 0.250. The number of hydrogen-bond donors (Lipinski definition) is 1. The number of nitro benzene ring substituents is 1. The summed E-state index contributed by atoms with van der Waals surface area (Å²) in [6.45, 7) is 1.35. The van der Waals surface area contributed by atoms with Gasteiger partial charge < -0.3 is 5.32 Å². The van der Waals surface area contributed by atoms with Gasteiger partial charge in [-0.15, -0.1) is 0 Å². The van der Waals surface area contributed by atoms with E-state index < -0.39 is 4.92 Å². The molecule has 0 heterocycles.